The second-order valence-corrected chi connectivity index (χ2v) is 5.92. The average molecular weight is 315 g/mol. The molecule has 1 N–H and O–H groups in total. The molecule has 1 amide bonds. The highest BCUT2D eigenvalue weighted by atomic mass is 32.2. The molecule has 0 saturated heterocycles. The molecule has 0 saturated carbocycles. The van der Waals surface area contributed by atoms with Crippen LogP contribution in [0.15, 0.2) is 53.4 Å². The van der Waals surface area contributed by atoms with Gasteiger partial charge >= 0.3 is 0 Å². The van der Waals surface area contributed by atoms with Crippen molar-refractivity contribution in [3.05, 3.63) is 54.1 Å². The van der Waals surface area contributed by atoms with E-state index >= 15 is 0 Å². The van der Waals surface area contributed by atoms with E-state index in [1.54, 1.807) is 11.8 Å². The largest absolute Gasteiger partial charge is 0.494 e. The van der Waals surface area contributed by atoms with Gasteiger partial charge in [0.25, 0.3) is 0 Å². The quantitative estimate of drug-likeness (QED) is 0.603. The zero-order valence-electron chi connectivity index (χ0n) is 13.0. The summed E-state index contributed by atoms with van der Waals surface area (Å²) < 4.78 is 5.61. The predicted molar refractivity (Wildman–Crippen MR) is 92.8 cm³/mol. The zero-order chi connectivity index (χ0) is 15.8. The van der Waals surface area contributed by atoms with Gasteiger partial charge in [-0.1, -0.05) is 17.7 Å². The van der Waals surface area contributed by atoms with Crippen molar-refractivity contribution in [2.45, 2.75) is 24.7 Å². The second-order valence-electron chi connectivity index (χ2n) is 5.04. The number of hydrogen-bond donors (Lipinski definition) is 1. The Hall–Kier alpha value is -1.94. The topological polar surface area (TPSA) is 38.3 Å². The van der Waals surface area contributed by atoms with E-state index in [0.29, 0.717) is 19.4 Å². The summed E-state index contributed by atoms with van der Waals surface area (Å²) in [6, 6.07) is 15.8. The van der Waals surface area contributed by atoms with Gasteiger partial charge in [0.05, 0.1) is 6.61 Å². The summed E-state index contributed by atoms with van der Waals surface area (Å²) >= 11 is 1.68. The summed E-state index contributed by atoms with van der Waals surface area (Å²) in [5.41, 5.74) is 2.04. The molecule has 0 bridgehead atoms. The molecule has 116 valence electrons. The molecule has 22 heavy (non-hydrogen) atoms. The van der Waals surface area contributed by atoms with E-state index in [0.717, 1.165) is 11.4 Å². The van der Waals surface area contributed by atoms with Gasteiger partial charge in [-0.3, -0.25) is 4.79 Å². The van der Waals surface area contributed by atoms with E-state index in [1.807, 2.05) is 61.7 Å². The molecule has 0 radical (unpaired) electrons. The van der Waals surface area contributed by atoms with Crippen LogP contribution in [-0.4, -0.2) is 18.8 Å². The van der Waals surface area contributed by atoms with Crippen molar-refractivity contribution in [2.75, 3.05) is 18.2 Å². The minimum Gasteiger partial charge on any atom is -0.494 e. The maximum absolute atomic E-state index is 11.9. The van der Waals surface area contributed by atoms with Gasteiger partial charge in [0.1, 0.15) is 5.75 Å². The van der Waals surface area contributed by atoms with E-state index in [-0.39, 0.29) is 5.91 Å². The minimum atomic E-state index is 0.0180. The minimum absolute atomic E-state index is 0.0180. The van der Waals surface area contributed by atoms with Gasteiger partial charge in [0.2, 0.25) is 5.91 Å². The van der Waals surface area contributed by atoms with Crippen LogP contribution < -0.4 is 10.1 Å². The number of aryl methyl sites for hydroxylation is 1. The monoisotopic (exact) mass is 315 g/mol. The fraction of sp³-hybridized carbons (Fsp3) is 0.278. The van der Waals surface area contributed by atoms with Crippen LogP contribution in [-0.2, 0) is 4.79 Å². The van der Waals surface area contributed by atoms with Crippen LogP contribution in [0.2, 0.25) is 0 Å². The normalized spacial score (nSPS) is 10.3. The van der Waals surface area contributed by atoms with Crippen LogP contribution in [0.4, 0.5) is 5.69 Å². The molecule has 2 aromatic rings. The third-order valence-corrected chi connectivity index (χ3v) is 3.96. The lowest BCUT2D eigenvalue weighted by Crippen LogP contribution is -2.12. The van der Waals surface area contributed by atoms with Crippen LogP contribution in [0.3, 0.4) is 0 Å². The Balaban J connectivity index is 1.67. The van der Waals surface area contributed by atoms with Crippen LogP contribution in [0.1, 0.15) is 18.4 Å². The molecule has 2 aromatic carbocycles. The van der Waals surface area contributed by atoms with E-state index < -0.39 is 0 Å². The number of hydrogen-bond acceptors (Lipinski definition) is 3. The van der Waals surface area contributed by atoms with Crippen molar-refractivity contribution in [2.24, 2.45) is 0 Å². The second kappa shape index (κ2) is 8.49. The Morgan fingerprint density at radius 2 is 1.77 bits per heavy atom. The first kappa shape index (κ1) is 16.4. The van der Waals surface area contributed by atoms with Gasteiger partial charge in [0, 0.05) is 17.0 Å². The maximum atomic E-state index is 11.9. The smallest absolute Gasteiger partial charge is 0.224 e. The van der Waals surface area contributed by atoms with Crippen LogP contribution in [0.25, 0.3) is 0 Å². The summed E-state index contributed by atoms with van der Waals surface area (Å²) in [6.07, 6.45) is 3.18. The highest BCUT2D eigenvalue weighted by molar-refractivity contribution is 7.98. The summed E-state index contributed by atoms with van der Waals surface area (Å²) in [5, 5.41) is 2.90. The molecular weight excluding hydrogens is 294 g/mol. The number of rotatable bonds is 7. The number of anilines is 1. The number of benzene rings is 2. The molecule has 0 spiro atoms. The highest BCUT2D eigenvalue weighted by Gasteiger charge is 2.03. The van der Waals surface area contributed by atoms with Gasteiger partial charge in [-0.25, -0.2) is 0 Å². The molecule has 0 aromatic heterocycles. The first-order valence-corrected chi connectivity index (χ1v) is 8.53. The Morgan fingerprint density at radius 3 is 2.41 bits per heavy atom. The van der Waals surface area contributed by atoms with Gasteiger partial charge in [-0.2, -0.15) is 0 Å². The van der Waals surface area contributed by atoms with Gasteiger partial charge in [-0.05, 0) is 56.0 Å². The average Bonchev–Trinajstić information content (AvgIpc) is 2.54. The maximum Gasteiger partial charge on any atom is 0.224 e. The zero-order valence-corrected chi connectivity index (χ0v) is 13.8. The van der Waals surface area contributed by atoms with Crippen molar-refractivity contribution in [1.29, 1.82) is 0 Å². The molecule has 0 unspecified atom stereocenters. The number of thioether (sulfide) groups is 1. The van der Waals surface area contributed by atoms with Gasteiger partial charge in [0.15, 0.2) is 0 Å². The molecular formula is C18H21NO2S. The van der Waals surface area contributed by atoms with E-state index in [2.05, 4.69) is 5.32 Å². The summed E-state index contributed by atoms with van der Waals surface area (Å²) in [5.74, 6) is 0.864. The molecule has 3 nitrogen and oxygen atoms in total. The third-order valence-electron chi connectivity index (χ3n) is 3.21. The van der Waals surface area contributed by atoms with Crippen molar-refractivity contribution >= 4 is 23.4 Å². The van der Waals surface area contributed by atoms with Gasteiger partial charge in [-0.15, -0.1) is 11.8 Å². The molecule has 0 aliphatic heterocycles. The number of nitrogens with one attached hydrogen (secondary N) is 1. The lowest BCUT2D eigenvalue weighted by molar-refractivity contribution is -0.116. The van der Waals surface area contributed by atoms with E-state index in [4.69, 9.17) is 4.74 Å². The SMILES string of the molecule is CSc1ccc(NC(=O)CCCOc2ccc(C)cc2)cc1. The Morgan fingerprint density at radius 1 is 1.09 bits per heavy atom. The fourth-order valence-electron chi connectivity index (χ4n) is 1.96. The van der Waals surface area contributed by atoms with Crippen LogP contribution in [0, 0.1) is 6.92 Å². The number of carbonyl (C=O) groups excluding carboxylic acids is 1. The first-order chi connectivity index (χ1) is 10.7. The number of carbonyl (C=O) groups is 1. The Bertz CT molecular complexity index is 593. The third kappa shape index (κ3) is 5.45. The lowest BCUT2D eigenvalue weighted by Gasteiger charge is -2.08. The Labute approximate surface area is 136 Å². The summed E-state index contributed by atoms with van der Waals surface area (Å²) in [6.45, 7) is 2.59. The fourth-order valence-corrected chi connectivity index (χ4v) is 2.36. The standard InChI is InChI=1S/C18H21NO2S/c1-14-5-9-16(10-6-14)21-13-3-4-18(20)19-15-7-11-17(22-2)12-8-15/h5-12H,3-4,13H2,1-2H3,(H,19,20). The summed E-state index contributed by atoms with van der Waals surface area (Å²) in [4.78, 5) is 13.0. The molecule has 2 rings (SSSR count). The molecule has 0 aliphatic rings. The van der Waals surface area contributed by atoms with Crippen molar-refractivity contribution < 1.29 is 9.53 Å². The molecule has 0 fully saturated rings. The van der Waals surface area contributed by atoms with Crippen LogP contribution in [0.5, 0.6) is 5.75 Å². The van der Waals surface area contributed by atoms with E-state index in [9.17, 15) is 4.79 Å². The molecule has 0 atom stereocenters. The number of ether oxygens (including phenoxy) is 1. The van der Waals surface area contributed by atoms with Crippen LogP contribution >= 0.6 is 11.8 Å². The predicted octanol–water partition coefficient (Wildman–Crippen LogP) is 4.51. The Kier molecular flexibility index (Phi) is 6.34. The van der Waals surface area contributed by atoms with Gasteiger partial charge < -0.3 is 10.1 Å². The van der Waals surface area contributed by atoms with Crippen molar-refractivity contribution in [3.8, 4) is 5.75 Å². The summed E-state index contributed by atoms with van der Waals surface area (Å²) in [7, 11) is 0. The lowest BCUT2D eigenvalue weighted by atomic mass is 10.2. The van der Waals surface area contributed by atoms with Crippen molar-refractivity contribution in [1.82, 2.24) is 0 Å². The molecule has 4 heteroatoms. The highest BCUT2D eigenvalue weighted by Crippen LogP contribution is 2.17. The number of amides is 1. The van der Waals surface area contributed by atoms with Crippen molar-refractivity contribution in [3.63, 3.8) is 0 Å². The van der Waals surface area contributed by atoms with E-state index in [1.165, 1.54) is 10.5 Å². The molecule has 0 aliphatic carbocycles. The molecule has 0 heterocycles. The first-order valence-electron chi connectivity index (χ1n) is 7.31.